The molecule has 1 unspecified atom stereocenters. The van der Waals surface area contributed by atoms with Crippen LogP contribution in [0.5, 0.6) is 5.75 Å². The van der Waals surface area contributed by atoms with Crippen LogP contribution in [0.15, 0.2) is 18.2 Å². The van der Waals surface area contributed by atoms with E-state index < -0.39 is 5.60 Å². The van der Waals surface area contributed by atoms with Crippen LogP contribution in [0.25, 0.3) is 0 Å². The summed E-state index contributed by atoms with van der Waals surface area (Å²) in [6.07, 6.45) is 1.95. The number of aliphatic hydroxyl groups is 1. The molecular formula is C13H18FNO2. The van der Waals surface area contributed by atoms with E-state index in [4.69, 9.17) is 4.74 Å². The lowest BCUT2D eigenvalue weighted by atomic mass is 9.87. The first kappa shape index (κ1) is 12.3. The molecule has 1 aliphatic rings. The fourth-order valence-corrected chi connectivity index (χ4v) is 2.31. The van der Waals surface area contributed by atoms with Crippen molar-refractivity contribution in [3.05, 3.63) is 29.6 Å². The number of piperidine rings is 1. The van der Waals surface area contributed by atoms with Crippen molar-refractivity contribution in [3.63, 3.8) is 0 Å². The molecule has 1 saturated heterocycles. The van der Waals surface area contributed by atoms with Gasteiger partial charge in [-0.05, 0) is 31.0 Å². The number of methoxy groups -OCH3 is 1. The molecule has 1 aliphatic heterocycles. The molecule has 2 N–H and O–H groups in total. The molecule has 0 aromatic heterocycles. The van der Waals surface area contributed by atoms with Gasteiger partial charge in [0.2, 0.25) is 0 Å². The van der Waals surface area contributed by atoms with Gasteiger partial charge in [0.05, 0.1) is 12.7 Å². The molecular weight excluding hydrogens is 221 g/mol. The van der Waals surface area contributed by atoms with Gasteiger partial charge in [-0.2, -0.15) is 0 Å². The Balaban J connectivity index is 2.17. The summed E-state index contributed by atoms with van der Waals surface area (Å²) in [5.41, 5.74) is -0.332. The number of hydrogen-bond donors (Lipinski definition) is 2. The predicted molar refractivity (Wildman–Crippen MR) is 63.7 cm³/mol. The molecule has 0 radical (unpaired) electrons. The van der Waals surface area contributed by atoms with Gasteiger partial charge in [0, 0.05) is 13.0 Å². The van der Waals surface area contributed by atoms with Gasteiger partial charge in [0.25, 0.3) is 0 Å². The molecule has 1 heterocycles. The van der Waals surface area contributed by atoms with Crippen molar-refractivity contribution in [3.8, 4) is 5.75 Å². The summed E-state index contributed by atoms with van der Waals surface area (Å²) < 4.78 is 18.9. The van der Waals surface area contributed by atoms with Crippen molar-refractivity contribution in [1.29, 1.82) is 0 Å². The van der Waals surface area contributed by atoms with E-state index in [1.165, 1.54) is 7.11 Å². The topological polar surface area (TPSA) is 41.5 Å². The molecule has 0 amide bonds. The lowest BCUT2D eigenvalue weighted by molar-refractivity contribution is 0.0161. The number of halogens is 1. The van der Waals surface area contributed by atoms with Gasteiger partial charge in [0.15, 0.2) is 11.6 Å². The van der Waals surface area contributed by atoms with Gasteiger partial charge < -0.3 is 15.2 Å². The SMILES string of the molecule is COc1cccc(CC2(O)CCCNC2)c1F. The van der Waals surface area contributed by atoms with E-state index in [0.29, 0.717) is 24.9 Å². The molecule has 0 bridgehead atoms. The zero-order valence-corrected chi connectivity index (χ0v) is 10.0. The van der Waals surface area contributed by atoms with Crippen molar-refractivity contribution < 1.29 is 14.2 Å². The van der Waals surface area contributed by atoms with Gasteiger partial charge in [-0.25, -0.2) is 4.39 Å². The Bertz CT molecular complexity index is 389. The summed E-state index contributed by atoms with van der Waals surface area (Å²) in [5, 5.41) is 13.5. The van der Waals surface area contributed by atoms with Crippen LogP contribution in [0.1, 0.15) is 18.4 Å². The number of ether oxygens (including phenoxy) is 1. The zero-order valence-electron chi connectivity index (χ0n) is 10.0. The summed E-state index contributed by atoms with van der Waals surface area (Å²) in [6, 6.07) is 5.03. The Morgan fingerprint density at radius 1 is 1.53 bits per heavy atom. The highest BCUT2D eigenvalue weighted by Gasteiger charge is 2.30. The van der Waals surface area contributed by atoms with Crippen LogP contribution in [0.3, 0.4) is 0 Å². The van der Waals surface area contributed by atoms with Crippen molar-refractivity contribution in [1.82, 2.24) is 5.32 Å². The zero-order chi connectivity index (χ0) is 12.3. The van der Waals surface area contributed by atoms with E-state index in [0.717, 1.165) is 13.0 Å². The number of hydrogen-bond acceptors (Lipinski definition) is 3. The van der Waals surface area contributed by atoms with Crippen molar-refractivity contribution in [2.75, 3.05) is 20.2 Å². The monoisotopic (exact) mass is 239 g/mol. The third kappa shape index (κ3) is 2.76. The fourth-order valence-electron chi connectivity index (χ4n) is 2.31. The van der Waals surface area contributed by atoms with Crippen molar-refractivity contribution in [2.24, 2.45) is 0 Å². The van der Waals surface area contributed by atoms with Gasteiger partial charge in [-0.1, -0.05) is 12.1 Å². The van der Waals surface area contributed by atoms with E-state index in [9.17, 15) is 9.50 Å². The van der Waals surface area contributed by atoms with Crippen LogP contribution < -0.4 is 10.1 Å². The summed E-state index contributed by atoms with van der Waals surface area (Å²) in [4.78, 5) is 0. The first-order valence-electron chi connectivity index (χ1n) is 5.89. The van der Waals surface area contributed by atoms with Gasteiger partial charge in [-0.15, -0.1) is 0 Å². The van der Waals surface area contributed by atoms with Crippen molar-refractivity contribution in [2.45, 2.75) is 24.9 Å². The van der Waals surface area contributed by atoms with E-state index in [-0.39, 0.29) is 11.6 Å². The third-order valence-corrected chi connectivity index (χ3v) is 3.23. The second kappa shape index (κ2) is 5.02. The molecule has 17 heavy (non-hydrogen) atoms. The Hall–Kier alpha value is -1.13. The average Bonchev–Trinajstić information content (AvgIpc) is 2.32. The Labute approximate surface area is 101 Å². The maximum absolute atomic E-state index is 13.9. The fraction of sp³-hybridized carbons (Fsp3) is 0.538. The quantitative estimate of drug-likeness (QED) is 0.839. The van der Waals surface area contributed by atoms with Gasteiger partial charge in [-0.3, -0.25) is 0 Å². The lowest BCUT2D eigenvalue weighted by Gasteiger charge is -2.32. The van der Waals surface area contributed by atoms with E-state index in [1.807, 2.05) is 0 Å². The average molecular weight is 239 g/mol. The molecule has 1 aromatic carbocycles. The van der Waals surface area contributed by atoms with E-state index in [1.54, 1.807) is 18.2 Å². The third-order valence-electron chi connectivity index (χ3n) is 3.23. The maximum atomic E-state index is 13.9. The summed E-state index contributed by atoms with van der Waals surface area (Å²) in [6.45, 7) is 1.44. The smallest absolute Gasteiger partial charge is 0.168 e. The number of β-amino-alcohol motifs (C(OH)–C–C–N with tert-alkyl or cyclic N) is 1. The van der Waals surface area contributed by atoms with Crippen LogP contribution in [0, 0.1) is 5.82 Å². The highest BCUT2D eigenvalue weighted by molar-refractivity contribution is 5.32. The molecule has 94 valence electrons. The maximum Gasteiger partial charge on any atom is 0.168 e. The molecule has 2 rings (SSSR count). The number of benzene rings is 1. The lowest BCUT2D eigenvalue weighted by Crippen LogP contribution is -2.47. The van der Waals surface area contributed by atoms with E-state index in [2.05, 4.69) is 5.32 Å². The predicted octanol–water partition coefficient (Wildman–Crippen LogP) is 1.49. The number of rotatable bonds is 3. The summed E-state index contributed by atoms with van der Waals surface area (Å²) in [7, 11) is 1.44. The van der Waals surface area contributed by atoms with Crippen LogP contribution in [-0.4, -0.2) is 30.9 Å². The first-order chi connectivity index (χ1) is 8.14. The molecule has 1 atom stereocenters. The molecule has 1 fully saturated rings. The molecule has 1 aromatic rings. The van der Waals surface area contributed by atoms with Crippen LogP contribution in [0.2, 0.25) is 0 Å². The number of nitrogens with one attached hydrogen (secondary N) is 1. The first-order valence-corrected chi connectivity index (χ1v) is 5.89. The van der Waals surface area contributed by atoms with Crippen LogP contribution >= 0.6 is 0 Å². The Morgan fingerprint density at radius 3 is 3.00 bits per heavy atom. The molecule has 0 aliphatic carbocycles. The highest BCUT2D eigenvalue weighted by atomic mass is 19.1. The minimum atomic E-state index is -0.842. The summed E-state index contributed by atoms with van der Waals surface area (Å²) in [5.74, 6) is -0.135. The second-order valence-corrected chi connectivity index (χ2v) is 4.61. The van der Waals surface area contributed by atoms with E-state index >= 15 is 0 Å². The van der Waals surface area contributed by atoms with Crippen LogP contribution in [0.4, 0.5) is 4.39 Å². The standard InChI is InChI=1S/C13H18FNO2/c1-17-11-5-2-4-10(12(11)14)8-13(16)6-3-7-15-9-13/h2,4-5,15-16H,3,6-9H2,1H3. The molecule has 3 nitrogen and oxygen atoms in total. The Kier molecular flexibility index (Phi) is 3.64. The molecule has 0 saturated carbocycles. The molecule has 0 spiro atoms. The minimum absolute atomic E-state index is 0.231. The van der Waals surface area contributed by atoms with Crippen molar-refractivity contribution >= 4 is 0 Å². The molecule has 4 heteroatoms. The summed E-state index contributed by atoms with van der Waals surface area (Å²) >= 11 is 0. The minimum Gasteiger partial charge on any atom is -0.494 e. The van der Waals surface area contributed by atoms with Crippen LogP contribution in [-0.2, 0) is 6.42 Å². The highest BCUT2D eigenvalue weighted by Crippen LogP contribution is 2.26. The van der Waals surface area contributed by atoms with Gasteiger partial charge in [0.1, 0.15) is 0 Å². The Morgan fingerprint density at radius 2 is 2.35 bits per heavy atom. The largest absolute Gasteiger partial charge is 0.494 e. The normalized spacial score (nSPS) is 24.6. The second-order valence-electron chi connectivity index (χ2n) is 4.61. The van der Waals surface area contributed by atoms with Gasteiger partial charge >= 0.3 is 0 Å².